The molecule has 22 heavy (non-hydrogen) atoms. The zero-order chi connectivity index (χ0) is 15.9. The van der Waals surface area contributed by atoms with Gasteiger partial charge < -0.3 is 9.55 Å². The Bertz CT molecular complexity index is 873. The molecule has 0 fully saturated rings. The van der Waals surface area contributed by atoms with Gasteiger partial charge in [0.15, 0.2) is 0 Å². The maximum atomic E-state index is 12.4. The SMILES string of the molecule is Cc1c(C)n(Cc2ccccc2)c2nc(C(C)C)[nH]c(=O)c12. The van der Waals surface area contributed by atoms with Crippen LogP contribution in [0.3, 0.4) is 0 Å². The molecule has 0 radical (unpaired) electrons. The summed E-state index contributed by atoms with van der Waals surface area (Å²) in [5, 5.41) is 0.706. The maximum absolute atomic E-state index is 12.4. The van der Waals surface area contributed by atoms with Gasteiger partial charge in [0.25, 0.3) is 5.56 Å². The molecule has 0 saturated carbocycles. The van der Waals surface area contributed by atoms with Gasteiger partial charge in [0.1, 0.15) is 11.5 Å². The first-order valence-corrected chi connectivity index (χ1v) is 7.62. The Hall–Kier alpha value is -2.36. The Kier molecular flexibility index (Phi) is 3.61. The molecule has 3 aromatic rings. The predicted octanol–water partition coefficient (Wildman–Crippen LogP) is 3.51. The zero-order valence-electron chi connectivity index (χ0n) is 13.5. The number of aromatic amines is 1. The first-order valence-electron chi connectivity index (χ1n) is 7.62. The van der Waals surface area contributed by atoms with E-state index < -0.39 is 0 Å². The molecule has 0 atom stereocenters. The van der Waals surface area contributed by atoms with Crippen LogP contribution in [0, 0.1) is 13.8 Å². The van der Waals surface area contributed by atoms with Crippen molar-refractivity contribution < 1.29 is 0 Å². The van der Waals surface area contributed by atoms with Crippen molar-refractivity contribution in [3.05, 3.63) is 63.3 Å². The third-order valence-corrected chi connectivity index (χ3v) is 4.23. The van der Waals surface area contributed by atoms with Crippen molar-refractivity contribution in [1.82, 2.24) is 14.5 Å². The van der Waals surface area contributed by atoms with Gasteiger partial charge in [-0.05, 0) is 25.0 Å². The van der Waals surface area contributed by atoms with Crippen LogP contribution in [0.5, 0.6) is 0 Å². The van der Waals surface area contributed by atoms with Crippen molar-refractivity contribution in [2.75, 3.05) is 0 Å². The maximum Gasteiger partial charge on any atom is 0.260 e. The molecule has 0 saturated heterocycles. The minimum absolute atomic E-state index is 0.0406. The van der Waals surface area contributed by atoms with Crippen LogP contribution in [-0.2, 0) is 6.54 Å². The Morgan fingerprint density at radius 1 is 1.18 bits per heavy atom. The van der Waals surface area contributed by atoms with Crippen LogP contribution in [-0.4, -0.2) is 14.5 Å². The molecule has 2 heterocycles. The third-order valence-electron chi connectivity index (χ3n) is 4.23. The van der Waals surface area contributed by atoms with E-state index in [1.807, 2.05) is 39.0 Å². The van der Waals surface area contributed by atoms with Gasteiger partial charge in [0.2, 0.25) is 0 Å². The monoisotopic (exact) mass is 295 g/mol. The highest BCUT2D eigenvalue weighted by atomic mass is 16.1. The van der Waals surface area contributed by atoms with Gasteiger partial charge in [-0.1, -0.05) is 44.2 Å². The van der Waals surface area contributed by atoms with Crippen molar-refractivity contribution in [2.24, 2.45) is 0 Å². The van der Waals surface area contributed by atoms with E-state index in [1.165, 1.54) is 5.56 Å². The van der Waals surface area contributed by atoms with Crippen LogP contribution in [0.15, 0.2) is 35.1 Å². The molecule has 114 valence electrons. The summed E-state index contributed by atoms with van der Waals surface area (Å²) in [6.45, 7) is 8.84. The van der Waals surface area contributed by atoms with Crippen molar-refractivity contribution in [2.45, 2.75) is 40.2 Å². The third kappa shape index (κ3) is 2.34. The van der Waals surface area contributed by atoms with Crippen molar-refractivity contribution in [3.63, 3.8) is 0 Å². The molecule has 4 heteroatoms. The van der Waals surface area contributed by atoms with Gasteiger partial charge >= 0.3 is 0 Å². The van der Waals surface area contributed by atoms with Crippen LogP contribution in [0.2, 0.25) is 0 Å². The molecule has 0 spiro atoms. The molecule has 2 aromatic heterocycles. The fourth-order valence-electron chi connectivity index (χ4n) is 2.79. The summed E-state index contributed by atoms with van der Waals surface area (Å²) in [7, 11) is 0. The van der Waals surface area contributed by atoms with Gasteiger partial charge in [-0.25, -0.2) is 4.98 Å². The Labute approximate surface area is 129 Å². The van der Waals surface area contributed by atoms with Gasteiger partial charge in [0, 0.05) is 18.2 Å². The van der Waals surface area contributed by atoms with E-state index in [0.29, 0.717) is 5.39 Å². The van der Waals surface area contributed by atoms with E-state index in [1.54, 1.807) is 0 Å². The normalized spacial score (nSPS) is 11.5. The van der Waals surface area contributed by atoms with E-state index in [0.717, 1.165) is 29.3 Å². The second-order valence-electron chi connectivity index (χ2n) is 6.09. The topological polar surface area (TPSA) is 50.7 Å². The van der Waals surface area contributed by atoms with E-state index in [2.05, 4.69) is 28.6 Å². The number of rotatable bonds is 3. The molecule has 1 aromatic carbocycles. The average molecular weight is 295 g/mol. The molecule has 0 bridgehead atoms. The summed E-state index contributed by atoms with van der Waals surface area (Å²) in [5.74, 6) is 0.932. The number of hydrogen-bond donors (Lipinski definition) is 1. The zero-order valence-corrected chi connectivity index (χ0v) is 13.5. The fraction of sp³-hybridized carbons (Fsp3) is 0.333. The summed E-state index contributed by atoms with van der Waals surface area (Å²) >= 11 is 0. The molecule has 3 rings (SSSR count). The molecule has 0 amide bonds. The largest absolute Gasteiger partial charge is 0.325 e. The number of aryl methyl sites for hydroxylation is 1. The van der Waals surface area contributed by atoms with Gasteiger partial charge in [-0.2, -0.15) is 0 Å². The summed E-state index contributed by atoms with van der Waals surface area (Å²) in [6, 6.07) is 10.3. The first kappa shape index (κ1) is 14.6. The number of aromatic nitrogens is 3. The highest BCUT2D eigenvalue weighted by Gasteiger charge is 2.17. The number of benzene rings is 1. The standard InChI is InChI=1S/C18H21N3O/c1-11(2)16-19-17-15(18(22)20-16)12(3)13(4)21(17)10-14-8-6-5-7-9-14/h5-9,11H,10H2,1-4H3,(H,19,20,22). The Morgan fingerprint density at radius 3 is 2.50 bits per heavy atom. The lowest BCUT2D eigenvalue weighted by Gasteiger charge is -2.09. The van der Waals surface area contributed by atoms with Crippen LogP contribution < -0.4 is 5.56 Å². The average Bonchev–Trinajstić information content (AvgIpc) is 2.73. The number of hydrogen-bond acceptors (Lipinski definition) is 2. The van der Waals surface area contributed by atoms with Crippen LogP contribution in [0.1, 0.15) is 42.4 Å². The highest BCUT2D eigenvalue weighted by molar-refractivity contribution is 5.81. The van der Waals surface area contributed by atoms with E-state index in [-0.39, 0.29) is 11.5 Å². The second-order valence-corrected chi connectivity index (χ2v) is 6.09. The lowest BCUT2D eigenvalue weighted by Crippen LogP contribution is -2.14. The summed E-state index contributed by atoms with van der Waals surface area (Å²) in [6.07, 6.45) is 0. The van der Waals surface area contributed by atoms with Crippen LogP contribution in [0.4, 0.5) is 0 Å². The number of nitrogens with zero attached hydrogens (tertiary/aromatic N) is 2. The van der Waals surface area contributed by atoms with Crippen molar-refractivity contribution >= 4 is 11.0 Å². The van der Waals surface area contributed by atoms with Crippen LogP contribution >= 0.6 is 0 Å². The molecule has 0 aliphatic heterocycles. The van der Waals surface area contributed by atoms with E-state index in [4.69, 9.17) is 4.98 Å². The minimum atomic E-state index is -0.0406. The number of fused-ring (bicyclic) bond motifs is 1. The fourth-order valence-corrected chi connectivity index (χ4v) is 2.79. The van der Waals surface area contributed by atoms with E-state index >= 15 is 0 Å². The Morgan fingerprint density at radius 2 is 1.86 bits per heavy atom. The molecule has 0 unspecified atom stereocenters. The van der Waals surface area contributed by atoms with Gasteiger partial charge in [-0.3, -0.25) is 4.79 Å². The molecule has 4 nitrogen and oxygen atoms in total. The molecule has 0 aliphatic rings. The molecule has 0 aliphatic carbocycles. The summed E-state index contributed by atoms with van der Waals surface area (Å²) < 4.78 is 2.14. The quantitative estimate of drug-likeness (QED) is 0.804. The summed E-state index contributed by atoms with van der Waals surface area (Å²) in [5.41, 5.74) is 4.05. The molecular weight excluding hydrogens is 274 g/mol. The van der Waals surface area contributed by atoms with Crippen molar-refractivity contribution in [3.8, 4) is 0 Å². The Balaban J connectivity index is 2.25. The second kappa shape index (κ2) is 5.44. The summed E-state index contributed by atoms with van der Waals surface area (Å²) in [4.78, 5) is 20.1. The first-order chi connectivity index (χ1) is 10.5. The molecule has 1 N–H and O–H groups in total. The lowest BCUT2D eigenvalue weighted by molar-refractivity contribution is 0.750. The van der Waals surface area contributed by atoms with E-state index in [9.17, 15) is 4.79 Å². The van der Waals surface area contributed by atoms with Crippen molar-refractivity contribution in [1.29, 1.82) is 0 Å². The molecular formula is C18H21N3O. The minimum Gasteiger partial charge on any atom is -0.325 e. The smallest absolute Gasteiger partial charge is 0.260 e. The van der Waals surface area contributed by atoms with Gasteiger partial charge in [0.05, 0.1) is 5.39 Å². The van der Waals surface area contributed by atoms with Crippen LogP contribution in [0.25, 0.3) is 11.0 Å². The highest BCUT2D eigenvalue weighted by Crippen LogP contribution is 2.23. The number of H-pyrrole nitrogens is 1. The predicted molar refractivity (Wildman–Crippen MR) is 89.5 cm³/mol. The number of nitrogens with one attached hydrogen (secondary N) is 1. The lowest BCUT2D eigenvalue weighted by atomic mass is 10.2. The van der Waals surface area contributed by atoms with Gasteiger partial charge in [-0.15, -0.1) is 0 Å².